The normalized spacial score (nSPS) is 20.5. The quantitative estimate of drug-likeness (QED) is 0.576. The van der Waals surface area contributed by atoms with Gasteiger partial charge >= 0.3 is 0 Å². The van der Waals surface area contributed by atoms with Crippen LogP contribution in [-0.4, -0.2) is 31.5 Å². The molecule has 0 aromatic heterocycles. The first kappa shape index (κ1) is 16.6. The average molecular weight is 323 g/mol. The molecule has 3 N–H and O–H groups in total. The second kappa shape index (κ2) is 7.49. The van der Waals surface area contributed by atoms with Gasteiger partial charge < -0.3 is 16.0 Å². The zero-order chi connectivity index (χ0) is 16.1. The summed E-state index contributed by atoms with van der Waals surface area (Å²) in [5.74, 6) is 1.37. The number of carbonyl (C=O) groups is 1. The lowest BCUT2D eigenvalue weighted by Crippen LogP contribution is -2.40. The Labute approximate surface area is 136 Å². The summed E-state index contributed by atoms with van der Waals surface area (Å²) in [6.45, 7) is 4.68. The molecule has 0 bridgehead atoms. The van der Waals surface area contributed by atoms with Crippen LogP contribution in [0.5, 0.6) is 0 Å². The van der Waals surface area contributed by atoms with Gasteiger partial charge in [-0.2, -0.15) is 0 Å². The number of aryl methyl sites for hydroxylation is 1. The highest BCUT2D eigenvalue weighted by molar-refractivity contribution is 6.33. The van der Waals surface area contributed by atoms with Crippen LogP contribution in [-0.2, 0) is 4.79 Å². The van der Waals surface area contributed by atoms with Crippen molar-refractivity contribution < 1.29 is 4.79 Å². The molecule has 0 radical (unpaired) electrons. The highest BCUT2D eigenvalue weighted by Crippen LogP contribution is 2.28. The summed E-state index contributed by atoms with van der Waals surface area (Å²) < 4.78 is 0. The van der Waals surface area contributed by atoms with Gasteiger partial charge in [0.2, 0.25) is 5.91 Å². The molecule has 2 atom stereocenters. The van der Waals surface area contributed by atoms with Gasteiger partial charge in [0.1, 0.15) is 0 Å². The van der Waals surface area contributed by atoms with E-state index in [1.165, 1.54) is 6.42 Å². The molecule has 0 heterocycles. The Balaban J connectivity index is 1.73. The zero-order valence-electron chi connectivity index (χ0n) is 13.2. The van der Waals surface area contributed by atoms with E-state index in [0.717, 1.165) is 11.5 Å². The topological polar surface area (TPSA) is 65.5 Å². The first-order chi connectivity index (χ1) is 10.5. The minimum absolute atomic E-state index is 0.0755. The van der Waals surface area contributed by atoms with E-state index in [4.69, 9.17) is 11.6 Å². The van der Waals surface area contributed by atoms with Crippen LogP contribution in [0, 0.1) is 12.8 Å². The maximum Gasteiger partial charge on any atom is 0.226 e. The molecule has 0 aliphatic heterocycles. The monoisotopic (exact) mass is 322 g/mol. The second-order valence-corrected chi connectivity index (χ2v) is 6.15. The van der Waals surface area contributed by atoms with Gasteiger partial charge in [0.05, 0.1) is 10.7 Å². The molecule has 22 heavy (non-hydrogen) atoms. The Morgan fingerprint density at radius 1 is 1.45 bits per heavy atom. The average Bonchev–Trinajstić information content (AvgIpc) is 3.16. The number of rotatable bonds is 5. The molecule has 1 amide bonds. The van der Waals surface area contributed by atoms with Crippen molar-refractivity contribution in [3.05, 3.63) is 28.8 Å². The number of anilines is 1. The third-order valence-corrected chi connectivity index (χ3v) is 4.01. The Morgan fingerprint density at radius 2 is 2.18 bits per heavy atom. The van der Waals surface area contributed by atoms with Gasteiger partial charge in [-0.1, -0.05) is 24.6 Å². The maximum atomic E-state index is 11.9. The Kier molecular flexibility index (Phi) is 5.66. The highest BCUT2D eigenvalue weighted by Gasteiger charge is 2.33. The number of carbonyl (C=O) groups excluding carboxylic acids is 1. The van der Waals surface area contributed by atoms with E-state index in [1.807, 2.05) is 25.1 Å². The van der Waals surface area contributed by atoms with Crippen LogP contribution in [0.3, 0.4) is 0 Å². The van der Waals surface area contributed by atoms with Crippen LogP contribution in [0.1, 0.15) is 25.3 Å². The molecule has 0 saturated heterocycles. The molecule has 1 saturated carbocycles. The van der Waals surface area contributed by atoms with Crippen LogP contribution >= 0.6 is 11.6 Å². The fraction of sp³-hybridized carbons (Fsp3) is 0.500. The molecule has 2 unspecified atom stereocenters. The highest BCUT2D eigenvalue weighted by atomic mass is 35.5. The summed E-state index contributed by atoms with van der Waals surface area (Å²) >= 11 is 6.10. The second-order valence-electron chi connectivity index (χ2n) is 5.74. The van der Waals surface area contributed by atoms with Gasteiger partial charge in [0, 0.05) is 26.1 Å². The van der Waals surface area contributed by atoms with Crippen molar-refractivity contribution in [2.24, 2.45) is 10.9 Å². The van der Waals surface area contributed by atoms with Gasteiger partial charge in [-0.25, -0.2) is 0 Å². The lowest BCUT2D eigenvalue weighted by molar-refractivity contribution is -0.116. The molecule has 1 aliphatic carbocycles. The first-order valence-corrected chi connectivity index (χ1v) is 7.90. The van der Waals surface area contributed by atoms with Crippen molar-refractivity contribution in [2.75, 3.05) is 18.9 Å². The van der Waals surface area contributed by atoms with Crippen LogP contribution in [0.15, 0.2) is 23.2 Å². The van der Waals surface area contributed by atoms with Crippen molar-refractivity contribution in [3.8, 4) is 0 Å². The molecule has 6 heteroatoms. The van der Waals surface area contributed by atoms with Crippen molar-refractivity contribution >= 4 is 29.2 Å². The fourth-order valence-corrected chi connectivity index (χ4v) is 2.40. The number of hydrogen-bond acceptors (Lipinski definition) is 2. The lowest BCUT2D eigenvalue weighted by Gasteiger charge is -2.12. The molecule has 1 aromatic carbocycles. The Bertz CT molecular complexity index is 573. The van der Waals surface area contributed by atoms with Gasteiger partial charge in [-0.3, -0.25) is 9.79 Å². The number of guanidine groups is 1. The number of halogens is 1. The predicted molar refractivity (Wildman–Crippen MR) is 91.5 cm³/mol. The van der Waals surface area contributed by atoms with Crippen LogP contribution < -0.4 is 16.0 Å². The number of nitrogens with zero attached hydrogens (tertiary/aromatic N) is 1. The van der Waals surface area contributed by atoms with E-state index in [0.29, 0.717) is 35.6 Å². The SMILES string of the molecule is CN=C(NCCC(=O)Nc1ccc(C)cc1Cl)NC1CC1C. The Morgan fingerprint density at radius 3 is 2.77 bits per heavy atom. The molecule has 0 spiro atoms. The minimum Gasteiger partial charge on any atom is -0.356 e. The van der Waals surface area contributed by atoms with E-state index >= 15 is 0 Å². The van der Waals surface area contributed by atoms with E-state index in [1.54, 1.807) is 7.05 Å². The summed E-state index contributed by atoms with van der Waals surface area (Å²) in [5, 5.41) is 9.84. The van der Waals surface area contributed by atoms with Gasteiger partial charge in [0.15, 0.2) is 5.96 Å². The van der Waals surface area contributed by atoms with Gasteiger partial charge in [0.25, 0.3) is 0 Å². The van der Waals surface area contributed by atoms with Crippen molar-refractivity contribution in [3.63, 3.8) is 0 Å². The third-order valence-electron chi connectivity index (χ3n) is 3.70. The molecule has 120 valence electrons. The van der Waals surface area contributed by atoms with E-state index in [9.17, 15) is 4.79 Å². The van der Waals surface area contributed by atoms with E-state index < -0.39 is 0 Å². The van der Waals surface area contributed by atoms with Crippen LogP contribution in [0.4, 0.5) is 5.69 Å². The van der Waals surface area contributed by atoms with Crippen molar-refractivity contribution in [2.45, 2.75) is 32.7 Å². The summed E-state index contributed by atoms with van der Waals surface area (Å²) in [6, 6.07) is 6.07. The summed E-state index contributed by atoms with van der Waals surface area (Å²) in [5.41, 5.74) is 1.71. The standard InChI is InChI=1S/C16H23ClN4O/c1-10-4-5-13(12(17)8-10)20-15(22)6-7-19-16(18-3)21-14-9-11(14)2/h4-5,8,11,14H,6-7,9H2,1-3H3,(H,20,22)(H2,18,19,21). The van der Waals surface area contributed by atoms with Crippen LogP contribution in [0.25, 0.3) is 0 Å². The molecular weight excluding hydrogens is 300 g/mol. The largest absolute Gasteiger partial charge is 0.356 e. The maximum absolute atomic E-state index is 11.9. The third kappa shape index (κ3) is 4.91. The predicted octanol–water partition coefficient (Wildman–Crippen LogP) is 2.55. The van der Waals surface area contributed by atoms with E-state index in [2.05, 4.69) is 27.9 Å². The number of hydrogen-bond donors (Lipinski definition) is 3. The van der Waals surface area contributed by atoms with E-state index in [-0.39, 0.29) is 5.91 Å². The minimum atomic E-state index is -0.0755. The summed E-state index contributed by atoms with van der Waals surface area (Å²) in [6.07, 6.45) is 1.53. The number of benzene rings is 1. The summed E-state index contributed by atoms with van der Waals surface area (Å²) in [7, 11) is 1.73. The Hall–Kier alpha value is -1.75. The number of amides is 1. The number of aliphatic imine (C=N–C) groups is 1. The fourth-order valence-electron chi connectivity index (χ4n) is 2.12. The molecule has 1 fully saturated rings. The smallest absolute Gasteiger partial charge is 0.226 e. The number of nitrogens with one attached hydrogen (secondary N) is 3. The van der Waals surface area contributed by atoms with Gasteiger partial charge in [-0.15, -0.1) is 0 Å². The summed E-state index contributed by atoms with van der Waals surface area (Å²) in [4.78, 5) is 16.1. The molecule has 1 aromatic rings. The molecule has 5 nitrogen and oxygen atoms in total. The molecule has 2 rings (SSSR count). The van der Waals surface area contributed by atoms with Crippen molar-refractivity contribution in [1.82, 2.24) is 10.6 Å². The molecule has 1 aliphatic rings. The lowest BCUT2D eigenvalue weighted by atomic mass is 10.2. The zero-order valence-corrected chi connectivity index (χ0v) is 14.0. The van der Waals surface area contributed by atoms with Crippen LogP contribution in [0.2, 0.25) is 5.02 Å². The first-order valence-electron chi connectivity index (χ1n) is 7.52. The van der Waals surface area contributed by atoms with Crippen molar-refractivity contribution in [1.29, 1.82) is 0 Å². The molecular formula is C16H23ClN4O. The van der Waals surface area contributed by atoms with Gasteiger partial charge in [-0.05, 0) is 37.0 Å².